The Balaban J connectivity index is 0. The molecule has 216 valence electrons. The van der Waals surface area contributed by atoms with E-state index in [1.807, 2.05) is 0 Å². The second-order valence-corrected chi connectivity index (χ2v) is 11.5. The Bertz CT molecular complexity index is 400. The number of carbonyl (C=O) groups excluding carboxylic acids is 2. The van der Waals surface area contributed by atoms with Crippen molar-refractivity contribution in [3.05, 3.63) is 0 Å². The fraction of sp³-hybridized carbons (Fsp3) is 0.938. The topological polar surface area (TPSA) is 34.1 Å². The van der Waals surface area contributed by atoms with Gasteiger partial charge in [-0.25, -0.2) is 0 Å². The van der Waals surface area contributed by atoms with Gasteiger partial charge in [-0.15, -0.1) is 0 Å². The third-order valence-corrected chi connectivity index (χ3v) is 7.33. The lowest BCUT2D eigenvalue weighted by Crippen LogP contribution is -1.86. The van der Waals surface area contributed by atoms with Gasteiger partial charge in [-0.05, 0) is 36.0 Å². The Morgan fingerprint density at radius 2 is 0.500 bits per heavy atom. The summed E-state index contributed by atoms with van der Waals surface area (Å²) in [6.45, 7) is 4.53. The summed E-state index contributed by atoms with van der Waals surface area (Å²) >= 11 is 10.6. The second-order valence-electron chi connectivity index (χ2n) is 10.7. The fourth-order valence-electron chi connectivity index (χ4n) is 4.56. The first-order chi connectivity index (χ1) is 17.5. The van der Waals surface area contributed by atoms with Crippen molar-refractivity contribution in [3.8, 4) is 0 Å². The van der Waals surface area contributed by atoms with Gasteiger partial charge in [0.25, 0.3) is 0 Å². The average molecular weight is 550 g/mol. The van der Waals surface area contributed by atoms with E-state index in [1.165, 1.54) is 141 Å². The normalized spacial score (nSPS) is 10.8. The minimum Gasteiger partial charge on any atom is -0.281 e. The van der Waals surface area contributed by atoms with Gasteiger partial charge in [-0.3, -0.25) is 9.59 Å². The van der Waals surface area contributed by atoms with E-state index in [4.69, 9.17) is 23.2 Å². The molecule has 0 fully saturated rings. The summed E-state index contributed by atoms with van der Waals surface area (Å²) in [6, 6.07) is 0. The van der Waals surface area contributed by atoms with Gasteiger partial charge in [0.1, 0.15) is 0 Å². The van der Waals surface area contributed by atoms with Crippen LogP contribution in [0.2, 0.25) is 0 Å². The number of unbranched alkanes of at least 4 members (excludes halogenated alkanes) is 24. The molecular formula is C32H62Cl2O2. The monoisotopic (exact) mass is 548 g/mol. The maximum atomic E-state index is 10.5. The zero-order valence-corrected chi connectivity index (χ0v) is 25.9. The lowest BCUT2D eigenvalue weighted by molar-refractivity contribution is -0.112. The molecule has 4 heteroatoms. The van der Waals surface area contributed by atoms with Gasteiger partial charge in [0.15, 0.2) is 0 Å². The third-order valence-electron chi connectivity index (χ3n) is 6.95. The van der Waals surface area contributed by atoms with Crippen LogP contribution in [0, 0.1) is 0 Å². The van der Waals surface area contributed by atoms with Crippen LogP contribution in [0.15, 0.2) is 0 Å². The molecule has 0 aliphatic heterocycles. The van der Waals surface area contributed by atoms with Crippen LogP contribution in [0.1, 0.15) is 194 Å². The first kappa shape index (κ1) is 38.1. The Morgan fingerprint density at radius 1 is 0.333 bits per heavy atom. The van der Waals surface area contributed by atoms with Crippen LogP contribution in [0.5, 0.6) is 0 Å². The van der Waals surface area contributed by atoms with Gasteiger partial charge < -0.3 is 0 Å². The lowest BCUT2D eigenvalue weighted by Gasteiger charge is -2.02. The molecule has 0 bridgehead atoms. The zero-order valence-electron chi connectivity index (χ0n) is 24.4. The molecule has 0 aromatic heterocycles. The summed E-state index contributed by atoms with van der Waals surface area (Å²) in [5, 5.41) is -0.365. The van der Waals surface area contributed by atoms with Crippen LogP contribution in [-0.2, 0) is 9.59 Å². The smallest absolute Gasteiger partial charge is 0.221 e. The van der Waals surface area contributed by atoms with Crippen LogP contribution in [0.25, 0.3) is 0 Å². The molecule has 0 heterocycles. The average Bonchev–Trinajstić information content (AvgIpc) is 2.85. The first-order valence-corrected chi connectivity index (χ1v) is 16.7. The second kappa shape index (κ2) is 34.9. The summed E-state index contributed by atoms with van der Waals surface area (Å²) in [6.07, 6.45) is 35.8. The van der Waals surface area contributed by atoms with E-state index in [0.29, 0.717) is 12.8 Å². The molecule has 0 saturated heterocycles. The summed E-state index contributed by atoms with van der Waals surface area (Å²) in [7, 11) is 0. The number of hydrogen-bond donors (Lipinski definition) is 0. The molecule has 0 amide bonds. The molecule has 0 spiro atoms. The standard InChI is InChI=1S/2C16H31ClO/c2*1-2-3-4-5-6-7-8-9-10-11-12-13-14-15-16(17)18/h2*2-15H2,1H3. The van der Waals surface area contributed by atoms with E-state index < -0.39 is 0 Å². The summed E-state index contributed by atoms with van der Waals surface area (Å²) in [4.78, 5) is 21.0. The molecular weight excluding hydrogens is 487 g/mol. The third kappa shape index (κ3) is 41.1. The van der Waals surface area contributed by atoms with Crippen LogP contribution in [0.3, 0.4) is 0 Å². The molecule has 0 unspecified atom stereocenters. The van der Waals surface area contributed by atoms with Crippen molar-refractivity contribution >= 4 is 33.7 Å². The zero-order chi connectivity index (χ0) is 27.0. The van der Waals surface area contributed by atoms with Gasteiger partial charge in [0.2, 0.25) is 10.5 Å². The molecule has 36 heavy (non-hydrogen) atoms. The quantitative estimate of drug-likeness (QED) is 0.0718. The maximum absolute atomic E-state index is 10.5. The minimum atomic E-state index is -0.182. The van der Waals surface area contributed by atoms with Gasteiger partial charge in [-0.2, -0.15) is 0 Å². The van der Waals surface area contributed by atoms with E-state index >= 15 is 0 Å². The van der Waals surface area contributed by atoms with Crippen LogP contribution in [0.4, 0.5) is 0 Å². The Kier molecular flexibility index (Phi) is 36.9. The van der Waals surface area contributed by atoms with E-state index in [-0.39, 0.29) is 10.5 Å². The number of carbonyl (C=O) groups is 2. The fourth-order valence-corrected chi connectivity index (χ4v) is 4.83. The summed E-state index contributed by atoms with van der Waals surface area (Å²) in [5.41, 5.74) is 0. The molecule has 0 atom stereocenters. The highest BCUT2D eigenvalue weighted by Gasteiger charge is 1.98. The van der Waals surface area contributed by atoms with Gasteiger partial charge in [0.05, 0.1) is 0 Å². The lowest BCUT2D eigenvalue weighted by atomic mass is 10.0. The number of halogens is 2. The Morgan fingerprint density at radius 3 is 0.667 bits per heavy atom. The van der Waals surface area contributed by atoms with Gasteiger partial charge >= 0.3 is 0 Å². The Labute approximate surface area is 236 Å². The maximum Gasteiger partial charge on any atom is 0.221 e. The van der Waals surface area contributed by atoms with Crippen LogP contribution in [-0.4, -0.2) is 10.5 Å². The predicted molar refractivity (Wildman–Crippen MR) is 162 cm³/mol. The molecule has 0 rings (SSSR count). The van der Waals surface area contributed by atoms with E-state index in [0.717, 1.165) is 25.7 Å². The molecule has 0 aromatic rings. The molecule has 2 nitrogen and oxygen atoms in total. The van der Waals surface area contributed by atoms with Crippen molar-refractivity contribution in [1.29, 1.82) is 0 Å². The van der Waals surface area contributed by atoms with E-state index in [9.17, 15) is 9.59 Å². The highest BCUT2D eigenvalue weighted by molar-refractivity contribution is 6.63. The van der Waals surface area contributed by atoms with Crippen LogP contribution < -0.4 is 0 Å². The largest absolute Gasteiger partial charge is 0.281 e. The number of rotatable bonds is 28. The molecule has 0 aliphatic carbocycles. The van der Waals surface area contributed by atoms with Crippen molar-refractivity contribution < 1.29 is 9.59 Å². The highest BCUT2D eigenvalue weighted by atomic mass is 35.5. The van der Waals surface area contributed by atoms with Gasteiger partial charge in [-0.1, -0.05) is 168 Å². The molecule has 0 aliphatic rings. The van der Waals surface area contributed by atoms with Crippen molar-refractivity contribution in [1.82, 2.24) is 0 Å². The van der Waals surface area contributed by atoms with E-state index in [1.54, 1.807) is 0 Å². The summed E-state index contributed by atoms with van der Waals surface area (Å²) < 4.78 is 0. The SMILES string of the molecule is CCCCCCCCCCCCCCCC(=O)Cl.CCCCCCCCCCCCCCCC(=O)Cl. The van der Waals surface area contributed by atoms with Gasteiger partial charge in [0, 0.05) is 12.8 Å². The van der Waals surface area contributed by atoms with Crippen molar-refractivity contribution in [2.24, 2.45) is 0 Å². The molecule has 0 radical (unpaired) electrons. The predicted octanol–water partition coefficient (Wildman–Crippen LogP) is 12.5. The van der Waals surface area contributed by atoms with Crippen molar-refractivity contribution in [3.63, 3.8) is 0 Å². The van der Waals surface area contributed by atoms with Crippen molar-refractivity contribution in [2.45, 2.75) is 194 Å². The molecule has 0 aromatic carbocycles. The first-order valence-electron chi connectivity index (χ1n) is 15.9. The van der Waals surface area contributed by atoms with E-state index in [2.05, 4.69) is 13.8 Å². The molecule has 0 N–H and O–H groups in total. The minimum absolute atomic E-state index is 0.182. The molecule has 0 saturated carbocycles. The number of hydrogen-bond acceptors (Lipinski definition) is 2. The van der Waals surface area contributed by atoms with Crippen molar-refractivity contribution in [2.75, 3.05) is 0 Å². The highest BCUT2D eigenvalue weighted by Crippen LogP contribution is 2.14. The Hall–Kier alpha value is -0.0800. The van der Waals surface area contributed by atoms with Crippen LogP contribution >= 0.6 is 23.2 Å². The summed E-state index contributed by atoms with van der Waals surface area (Å²) in [5.74, 6) is 0.